The first-order valence-corrected chi connectivity index (χ1v) is 3.57. The summed E-state index contributed by atoms with van der Waals surface area (Å²) in [5.41, 5.74) is -0.0602. The molecule has 0 saturated carbocycles. The van der Waals surface area contributed by atoms with Gasteiger partial charge < -0.3 is 0 Å². The molecule has 0 aliphatic carbocycles. The maximum atomic E-state index is 10.4. The van der Waals surface area contributed by atoms with Crippen LogP contribution in [0.1, 0.15) is 0 Å². The minimum atomic E-state index is -3.42. The number of nitrogens with zero attached hydrogens (tertiary/aromatic N) is 2. The fraction of sp³-hybridized carbons (Fsp3) is 0. The second-order valence-corrected chi connectivity index (χ2v) is 2.89. The summed E-state index contributed by atoms with van der Waals surface area (Å²) in [7, 11) is -3.42. The highest BCUT2D eigenvalue weighted by molar-refractivity contribution is 7.93. The summed E-state index contributed by atoms with van der Waals surface area (Å²) < 4.78 is 23.8. The number of hydrogen-bond acceptors (Lipinski definition) is 3. The van der Waals surface area contributed by atoms with Gasteiger partial charge in [-0.05, 0) is 6.08 Å². The second kappa shape index (κ2) is 1.67. The molecular weight excluding hydrogens is 140 g/mol. The summed E-state index contributed by atoms with van der Waals surface area (Å²) >= 11 is 0. The number of nitriles is 1. The standard InChI is InChI=1S/C4H2N2O2S/c5-3-4-1-2-9(7,8)6-4/h1-2H. The van der Waals surface area contributed by atoms with Crippen LogP contribution < -0.4 is 0 Å². The lowest BCUT2D eigenvalue weighted by atomic mass is 10.4. The van der Waals surface area contributed by atoms with Crippen LogP contribution in [0.3, 0.4) is 0 Å². The van der Waals surface area contributed by atoms with Crippen LogP contribution >= 0.6 is 0 Å². The van der Waals surface area contributed by atoms with E-state index in [4.69, 9.17) is 5.26 Å². The van der Waals surface area contributed by atoms with Gasteiger partial charge in [0.1, 0.15) is 6.07 Å². The monoisotopic (exact) mass is 142 g/mol. The van der Waals surface area contributed by atoms with E-state index in [2.05, 4.69) is 4.40 Å². The molecule has 0 N–H and O–H groups in total. The molecule has 0 bridgehead atoms. The topological polar surface area (TPSA) is 70.3 Å². The Hall–Kier alpha value is -1.15. The Balaban J connectivity index is 3.20. The first kappa shape index (κ1) is 5.98. The quantitative estimate of drug-likeness (QED) is 0.470. The van der Waals surface area contributed by atoms with Crippen LogP contribution in [0.4, 0.5) is 0 Å². The molecule has 0 saturated heterocycles. The lowest BCUT2D eigenvalue weighted by Gasteiger charge is -1.75. The first-order chi connectivity index (χ1) is 4.14. The molecule has 0 unspecified atom stereocenters. The summed E-state index contributed by atoms with van der Waals surface area (Å²) in [5, 5.41) is 9.00. The molecule has 0 aromatic heterocycles. The molecule has 0 aromatic carbocycles. The first-order valence-electron chi connectivity index (χ1n) is 2.07. The Labute approximate surface area is 52.2 Å². The van der Waals surface area contributed by atoms with Crippen molar-refractivity contribution in [3.8, 4) is 6.07 Å². The Morgan fingerprint density at radius 1 is 1.67 bits per heavy atom. The van der Waals surface area contributed by atoms with E-state index < -0.39 is 10.0 Å². The Bertz CT molecular complexity index is 317. The van der Waals surface area contributed by atoms with Crippen molar-refractivity contribution >= 4 is 15.7 Å². The minimum Gasteiger partial charge on any atom is -0.200 e. The third-order valence-corrected chi connectivity index (χ3v) is 1.67. The van der Waals surface area contributed by atoms with Gasteiger partial charge in [-0.25, -0.2) is 0 Å². The second-order valence-electron chi connectivity index (χ2n) is 1.41. The van der Waals surface area contributed by atoms with Gasteiger partial charge in [0.25, 0.3) is 10.0 Å². The zero-order valence-electron chi connectivity index (χ0n) is 4.27. The van der Waals surface area contributed by atoms with Crippen LogP contribution in [0.15, 0.2) is 15.9 Å². The largest absolute Gasteiger partial charge is 0.276 e. The molecular formula is C4H2N2O2S. The highest BCUT2D eigenvalue weighted by Gasteiger charge is 2.10. The fourth-order valence-corrected chi connectivity index (χ4v) is 1.14. The Morgan fingerprint density at radius 3 is 2.56 bits per heavy atom. The minimum absolute atomic E-state index is 0.0602. The summed E-state index contributed by atoms with van der Waals surface area (Å²) in [6, 6.07) is 1.60. The maximum absolute atomic E-state index is 10.4. The summed E-state index contributed by atoms with van der Waals surface area (Å²) in [6.45, 7) is 0. The smallest absolute Gasteiger partial charge is 0.200 e. The molecule has 0 aromatic rings. The van der Waals surface area contributed by atoms with Crippen molar-refractivity contribution in [2.45, 2.75) is 0 Å². The van der Waals surface area contributed by atoms with Gasteiger partial charge in [0.15, 0.2) is 5.71 Å². The molecule has 0 fully saturated rings. The van der Waals surface area contributed by atoms with Gasteiger partial charge in [-0.3, -0.25) is 0 Å². The van der Waals surface area contributed by atoms with Crippen molar-refractivity contribution in [3.63, 3.8) is 0 Å². The highest BCUT2D eigenvalue weighted by atomic mass is 32.2. The molecule has 1 aliphatic heterocycles. The van der Waals surface area contributed by atoms with Crippen molar-refractivity contribution in [1.29, 1.82) is 5.26 Å². The number of hydrogen-bond donors (Lipinski definition) is 0. The third-order valence-electron chi connectivity index (χ3n) is 0.738. The summed E-state index contributed by atoms with van der Waals surface area (Å²) in [6.07, 6.45) is 1.16. The van der Waals surface area contributed by atoms with E-state index >= 15 is 0 Å². The van der Waals surface area contributed by atoms with E-state index in [1.807, 2.05) is 0 Å². The average Bonchev–Trinajstić information content (AvgIpc) is 2.10. The van der Waals surface area contributed by atoms with Crippen molar-refractivity contribution in [3.05, 3.63) is 11.5 Å². The van der Waals surface area contributed by atoms with Gasteiger partial charge in [-0.2, -0.15) is 13.7 Å². The fourth-order valence-electron chi connectivity index (χ4n) is 0.406. The summed E-state index contributed by atoms with van der Waals surface area (Å²) in [4.78, 5) is 0. The van der Waals surface area contributed by atoms with Crippen molar-refractivity contribution in [1.82, 2.24) is 0 Å². The molecule has 0 radical (unpaired) electrons. The predicted octanol–water partition coefficient (Wildman–Crippen LogP) is -0.192. The highest BCUT2D eigenvalue weighted by Crippen LogP contribution is 2.03. The van der Waals surface area contributed by atoms with Gasteiger partial charge >= 0.3 is 0 Å². The Kier molecular flexibility index (Phi) is 1.11. The SMILES string of the molecule is N#CC1=NS(=O)(=O)C=C1. The number of rotatable bonds is 0. The van der Waals surface area contributed by atoms with E-state index in [0.717, 1.165) is 11.5 Å². The molecule has 4 nitrogen and oxygen atoms in total. The van der Waals surface area contributed by atoms with Crippen LogP contribution in [-0.2, 0) is 10.0 Å². The van der Waals surface area contributed by atoms with Gasteiger partial charge in [0.05, 0.1) is 5.41 Å². The zero-order valence-corrected chi connectivity index (χ0v) is 5.09. The number of sulfonamides is 1. The summed E-state index contributed by atoms with van der Waals surface area (Å²) in [5.74, 6) is 0. The normalized spacial score (nSPS) is 21.0. The molecule has 1 rings (SSSR count). The van der Waals surface area contributed by atoms with E-state index in [1.165, 1.54) is 0 Å². The number of allylic oxidation sites excluding steroid dienone is 1. The van der Waals surface area contributed by atoms with Gasteiger partial charge in [0.2, 0.25) is 0 Å². The molecule has 46 valence electrons. The van der Waals surface area contributed by atoms with Crippen molar-refractivity contribution in [2.75, 3.05) is 0 Å². The van der Waals surface area contributed by atoms with Gasteiger partial charge in [0, 0.05) is 0 Å². The van der Waals surface area contributed by atoms with Crippen LogP contribution in [0.5, 0.6) is 0 Å². The van der Waals surface area contributed by atoms with Crippen LogP contribution in [-0.4, -0.2) is 14.1 Å². The van der Waals surface area contributed by atoms with Crippen molar-refractivity contribution < 1.29 is 8.42 Å². The predicted molar refractivity (Wildman–Crippen MR) is 31.1 cm³/mol. The lowest BCUT2D eigenvalue weighted by Crippen LogP contribution is -1.85. The zero-order chi connectivity index (χ0) is 6.91. The molecule has 0 spiro atoms. The van der Waals surface area contributed by atoms with Crippen LogP contribution in [0.25, 0.3) is 0 Å². The van der Waals surface area contributed by atoms with E-state index in [9.17, 15) is 8.42 Å². The van der Waals surface area contributed by atoms with Gasteiger partial charge in [-0.1, -0.05) is 0 Å². The van der Waals surface area contributed by atoms with Crippen molar-refractivity contribution in [2.24, 2.45) is 4.40 Å². The molecule has 5 heteroatoms. The van der Waals surface area contributed by atoms with Crippen LogP contribution in [0.2, 0.25) is 0 Å². The van der Waals surface area contributed by atoms with E-state index in [-0.39, 0.29) is 5.71 Å². The van der Waals surface area contributed by atoms with E-state index in [0.29, 0.717) is 0 Å². The lowest BCUT2D eigenvalue weighted by molar-refractivity contribution is 0.607. The van der Waals surface area contributed by atoms with Crippen LogP contribution in [0, 0.1) is 11.3 Å². The molecule has 1 aliphatic rings. The third kappa shape index (κ3) is 1.15. The molecule has 9 heavy (non-hydrogen) atoms. The molecule has 0 atom stereocenters. The van der Waals surface area contributed by atoms with E-state index in [1.54, 1.807) is 6.07 Å². The molecule has 0 amide bonds. The maximum Gasteiger partial charge on any atom is 0.276 e. The average molecular weight is 142 g/mol. The van der Waals surface area contributed by atoms with Gasteiger partial charge in [-0.15, -0.1) is 4.40 Å². The molecule has 1 heterocycles. The Morgan fingerprint density at radius 2 is 2.33 bits per heavy atom.